The van der Waals surface area contributed by atoms with Gasteiger partial charge in [-0.3, -0.25) is 9.59 Å². The number of hydrogen-bond acceptors (Lipinski definition) is 7. The van der Waals surface area contributed by atoms with Crippen LogP contribution in [-0.2, 0) is 20.9 Å². The predicted molar refractivity (Wildman–Crippen MR) is 133 cm³/mol. The first-order valence-electron chi connectivity index (χ1n) is 10.9. The zero-order valence-electron chi connectivity index (χ0n) is 19.3. The number of amides is 2. The molecule has 11 heteroatoms. The van der Waals surface area contributed by atoms with E-state index < -0.39 is 6.04 Å². The van der Waals surface area contributed by atoms with E-state index in [1.165, 1.54) is 24.4 Å². The van der Waals surface area contributed by atoms with E-state index in [9.17, 15) is 9.59 Å². The Bertz CT molecular complexity index is 1260. The van der Waals surface area contributed by atoms with Gasteiger partial charge in [0, 0.05) is 42.7 Å². The lowest BCUT2D eigenvalue weighted by atomic mass is 10.0. The highest BCUT2D eigenvalue weighted by Crippen LogP contribution is 2.28. The summed E-state index contributed by atoms with van der Waals surface area (Å²) >= 11 is 12.1. The number of anilines is 1. The van der Waals surface area contributed by atoms with Crippen LogP contribution in [0, 0.1) is 0 Å². The molecule has 35 heavy (non-hydrogen) atoms. The highest BCUT2D eigenvalue weighted by atomic mass is 35.5. The van der Waals surface area contributed by atoms with Gasteiger partial charge in [-0.2, -0.15) is 0 Å². The summed E-state index contributed by atoms with van der Waals surface area (Å²) < 4.78 is 10.9. The summed E-state index contributed by atoms with van der Waals surface area (Å²) in [4.78, 5) is 38.0. The molecule has 0 aliphatic carbocycles. The van der Waals surface area contributed by atoms with Crippen LogP contribution >= 0.6 is 23.2 Å². The van der Waals surface area contributed by atoms with Crippen LogP contribution in [0.4, 0.5) is 5.82 Å². The molecule has 1 aliphatic rings. The van der Waals surface area contributed by atoms with Crippen molar-refractivity contribution in [2.75, 3.05) is 32.6 Å². The minimum atomic E-state index is -0.777. The molecule has 2 heterocycles. The molecule has 184 valence electrons. The number of halogens is 2. The lowest BCUT2D eigenvalue weighted by Crippen LogP contribution is -2.63. The highest BCUT2D eigenvalue weighted by Gasteiger charge is 2.41. The third-order valence-corrected chi connectivity index (χ3v) is 6.46. The maximum Gasteiger partial charge on any atom is 0.261 e. The number of nitrogens with zero attached hydrogens (tertiary/aromatic N) is 4. The molecule has 0 radical (unpaired) electrons. The monoisotopic (exact) mass is 517 g/mol. The largest absolute Gasteiger partial charge is 0.482 e. The number of fused-ring (bicyclic) bond motifs is 1. The second-order valence-electron chi connectivity index (χ2n) is 8.31. The molecule has 1 fully saturated rings. The third kappa shape index (κ3) is 5.42. The first-order chi connectivity index (χ1) is 16.8. The van der Waals surface area contributed by atoms with Crippen LogP contribution in [0.25, 0.3) is 10.9 Å². The molecule has 0 saturated carbocycles. The molecule has 2 unspecified atom stereocenters. The summed E-state index contributed by atoms with van der Waals surface area (Å²) in [7, 11) is 1.49. The molecule has 1 aliphatic heterocycles. The van der Waals surface area contributed by atoms with Crippen LogP contribution < -0.4 is 10.5 Å². The summed E-state index contributed by atoms with van der Waals surface area (Å²) in [5, 5.41) is 1.53. The van der Waals surface area contributed by atoms with Crippen LogP contribution in [-0.4, -0.2) is 70.5 Å². The van der Waals surface area contributed by atoms with E-state index in [0.29, 0.717) is 40.2 Å². The fraction of sp³-hybridized carbons (Fsp3) is 0.333. The Morgan fingerprint density at radius 3 is 2.77 bits per heavy atom. The van der Waals surface area contributed by atoms with E-state index in [0.717, 1.165) is 10.9 Å². The number of nitrogen functional groups attached to an aromatic ring is 1. The van der Waals surface area contributed by atoms with Crippen molar-refractivity contribution >= 4 is 51.7 Å². The van der Waals surface area contributed by atoms with Crippen molar-refractivity contribution in [3.63, 3.8) is 0 Å². The fourth-order valence-electron chi connectivity index (χ4n) is 4.11. The highest BCUT2D eigenvalue weighted by molar-refractivity contribution is 6.34. The number of rotatable bonds is 7. The average molecular weight is 518 g/mol. The lowest BCUT2D eigenvalue weighted by molar-refractivity contribution is -0.159. The molecule has 2 atom stereocenters. The Kier molecular flexibility index (Phi) is 7.59. The van der Waals surface area contributed by atoms with E-state index >= 15 is 0 Å². The normalized spacial score (nSPS) is 18.2. The van der Waals surface area contributed by atoms with E-state index in [1.54, 1.807) is 17.0 Å². The van der Waals surface area contributed by atoms with Gasteiger partial charge in [0.05, 0.1) is 17.1 Å². The Morgan fingerprint density at radius 2 is 2.00 bits per heavy atom. The first-order valence-corrected chi connectivity index (χ1v) is 11.7. The van der Waals surface area contributed by atoms with E-state index in [-0.39, 0.29) is 31.1 Å². The number of piperazine rings is 1. The molecular weight excluding hydrogens is 493 g/mol. The van der Waals surface area contributed by atoms with Gasteiger partial charge in [-0.25, -0.2) is 9.97 Å². The molecule has 3 aromatic rings. The number of aromatic nitrogens is 2. The average Bonchev–Trinajstić information content (AvgIpc) is 2.84. The number of ether oxygens (including phenoxy) is 2. The van der Waals surface area contributed by atoms with Gasteiger partial charge in [0.15, 0.2) is 6.61 Å². The molecule has 2 amide bonds. The molecule has 0 bridgehead atoms. The second-order valence-corrected chi connectivity index (χ2v) is 9.15. The molecule has 0 spiro atoms. The molecule has 4 rings (SSSR count). The molecule has 1 aromatic heterocycles. The van der Waals surface area contributed by atoms with Crippen molar-refractivity contribution < 1.29 is 19.1 Å². The maximum atomic E-state index is 13.5. The van der Waals surface area contributed by atoms with Gasteiger partial charge in [0.1, 0.15) is 23.9 Å². The Balaban J connectivity index is 1.49. The number of carbonyl (C=O) groups is 2. The van der Waals surface area contributed by atoms with Crippen molar-refractivity contribution in [1.82, 2.24) is 19.8 Å². The topological polar surface area (TPSA) is 111 Å². The second kappa shape index (κ2) is 10.6. The Morgan fingerprint density at radius 1 is 1.20 bits per heavy atom. The molecule has 1 saturated heterocycles. The smallest absolute Gasteiger partial charge is 0.261 e. The van der Waals surface area contributed by atoms with Crippen molar-refractivity contribution in [2.45, 2.75) is 25.6 Å². The van der Waals surface area contributed by atoms with Crippen LogP contribution in [0.15, 0.2) is 42.7 Å². The quantitative estimate of drug-likeness (QED) is 0.512. The third-order valence-electron chi connectivity index (χ3n) is 5.91. The van der Waals surface area contributed by atoms with Crippen molar-refractivity contribution in [3.05, 3.63) is 58.3 Å². The van der Waals surface area contributed by atoms with E-state index in [4.69, 9.17) is 38.4 Å². The first kappa shape index (κ1) is 25.0. The van der Waals surface area contributed by atoms with Crippen LogP contribution in [0.2, 0.25) is 10.0 Å². The van der Waals surface area contributed by atoms with Gasteiger partial charge in [-0.05, 0) is 36.8 Å². The molecular formula is C24H25Cl2N5O4. The van der Waals surface area contributed by atoms with Crippen LogP contribution in [0.3, 0.4) is 0 Å². The number of hydrogen-bond donors (Lipinski definition) is 1. The van der Waals surface area contributed by atoms with Gasteiger partial charge < -0.3 is 25.0 Å². The summed E-state index contributed by atoms with van der Waals surface area (Å²) in [6.07, 6.45) is 1.41. The van der Waals surface area contributed by atoms with Crippen molar-refractivity contribution in [3.8, 4) is 5.75 Å². The summed E-state index contributed by atoms with van der Waals surface area (Å²) in [6.45, 7) is 2.36. The van der Waals surface area contributed by atoms with E-state index in [1.807, 2.05) is 25.1 Å². The van der Waals surface area contributed by atoms with Crippen molar-refractivity contribution in [2.24, 2.45) is 0 Å². The standard InChI is InChI=1S/C24H25Cl2N5O4/c1-14-9-31(22(32)12-35-21-8-16(25)4-6-18(21)26)20(11-34-2)24(33)30(14)10-15-3-5-17-19(7-15)28-13-29-23(17)27/h3-8,13-14,20H,9-12H2,1-2H3,(H2,27,28,29). The number of nitrogens with two attached hydrogens (primary N) is 1. The Labute approximate surface area is 212 Å². The van der Waals surface area contributed by atoms with Crippen LogP contribution in [0.5, 0.6) is 5.75 Å². The van der Waals surface area contributed by atoms with E-state index in [2.05, 4.69) is 9.97 Å². The van der Waals surface area contributed by atoms with Crippen molar-refractivity contribution in [1.29, 1.82) is 0 Å². The fourth-order valence-corrected chi connectivity index (χ4v) is 4.44. The zero-order valence-corrected chi connectivity index (χ0v) is 20.8. The molecule has 9 nitrogen and oxygen atoms in total. The summed E-state index contributed by atoms with van der Waals surface area (Å²) in [5.74, 6) is 0.150. The summed E-state index contributed by atoms with van der Waals surface area (Å²) in [5.41, 5.74) is 7.51. The van der Waals surface area contributed by atoms with Gasteiger partial charge in [-0.1, -0.05) is 29.3 Å². The van der Waals surface area contributed by atoms with Gasteiger partial charge in [0.25, 0.3) is 5.91 Å². The number of benzene rings is 2. The SMILES string of the molecule is COCC1C(=O)N(Cc2ccc3c(N)ncnc3c2)C(C)CN1C(=O)COc1cc(Cl)ccc1Cl. The van der Waals surface area contributed by atoms with Crippen LogP contribution in [0.1, 0.15) is 12.5 Å². The Hall–Kier alpha value is -3.14. The van der Waals surface area contributed by atoms with Gasteiger partial charge >= 0.3 is 0 Å². The predicted octanol–water partition coefficient (Wildman–Crippen LogP) is 3.17. The summed E-state index contributed by atoms with van der Waals surface area (Å²) in [6, 6.07) is 9.38. The minimum Gasteiger partial charge on any atom is -0.482 e. The minimum absolute atomic E-state index is 0.0627. The molecule has 2 aromatic carbocycles. The number of carbonyl (C=O) groups excluding carboxylic acids is 2. The molecule has 2 N–H and O–H groups in total. The maximum absolute atomic E-state index is 13.5. The lowest BCUT2D eigenvalue weighted by Gasteiger charge is -2.44. The van der Waals surface area contributed by atoms with Gasteiger partial charge in [-0.15, -0.1) is 0 Å². The zero-order chi connectivity index (χ0) is 25.1. The van der Waals surface area contributed by atoms with Gasteiger partial charge in [0.2, 0.25) is 5.91 Å². The number of methoxy groups -OCH3 is 1.